The van der Waals surface area contributed by atoms with Gasteiger partial charge in [-0.25, -0.2) is 0 Å². The van der Waals surface area contributed by atoms with E-state index in [0.717, 1.165) is 61.1 Å². The van der Waals surface area contributed by atoms with Crippen LogP contribution < -0.4 is 9.13 Å². The summed E-state index contributed by atoms with van der Waals surface area (Å²) in [6.45, 7) is 14.3. The van der Waals surface area contributed by atoms with Crippen molar-refractivity contribution in [2.45, 2.75) is 99.1 Å². The Labute approximate surface area is 305 Å². The average molecular weight is 828 g/mol. The molecule has 0 saturated heterocycles. The Bertz CT molecular complexity index is 2200. The van der Waals surface area contributed by atoms with E-state index < -0.39 is 23.6 Å². The van der Waals surface area contributed by atoms with Gasteiger partial charge >= 0.3 is 21.1 Å². The minimum absolute atomic E-state index is 0. The largest absolute Gasteiger partial charge is 2.00 e. The molecule has 0 aliphatic carbocycles. The molecule has 0 aliphatic heterocycles. The fourth-order valence-corrected chi connectivity index (χ4v) is 6.88. The molecule has 2 N–H and O–H groups in total. The van der Waals surface area contributed by atoms with E-state index in [1.807, 2.05) is 137 Å². The van der Waals surface area contributed by atoms with E-state index in [-0.39, 0.29) is 41.2 Å². The fraction of sp³-hybridized carbons (Fsp3) is 0.366. The minimum atomic E-state index is -0.962. The molecule has 0 spiro atoms. The summed E-state index contributed by atoms with van der Waals surface area (Å²) in [5.74, 6) is -3.84. The topological polar surface area (TPSA) is 58.1 Å². The van der Waals surface area contributed by atoms with Crippen LogP contribution >= 0.6 is 0 Å². The van der Waals surface area contributed by atoms with Gasteiger partial charge in [0.25, 0.3) is 0 Å². The summed E-state index contributed by atoms with van der Waals surface area (Å²) in [5.41, 5.74) is 9.39. The summed E-state index contributed by atoms with van der Waals surface area (Å²) >= 11 is 0. The molecule has 7 heteroatoms. The van der Waals surface area contributed by atoms with Gasteiger partial charge in [-0.1, -0.05) is 128 Å². The van der Waals surface area contributed by atoms with Gasteiger partial charge in [-0.2, -0.15) is 0 Å². The van der Waals surface area contributed by atoms with Crippen LogP contribution in [0, 0.1) is 12.7 Å². The Morgan fingerprint density at radius 2 is 1.04 bits per heavy atom. The number of aromatic nitrogens is 4. The maximum absolute atomic E-state index is 10.7. The summed E-state index contributed by atoms with van der Waals surface area (Å²) < 4.78 is 43.3. The molecule has 0 fully saturated rings. The maximum atomic E-state index is 10.7. The Morgan fingerprint density at radius 1 is 0.604 bits per heavy atom. The molecule has 48 heavy (non-hydrogen) atoms. The van der Waals surface area contributed by atoms with Crippen LogP contribution in [-0.2, 0) is 41.2 Å². The molecule has 6 nitrogen and oxygen atoms in total. The van der Waals surface area contributed by atoms with Gasteiger partial charge in [-0.05, 0) is 68.1 Å². The quantitative estimate of drug-likeness (QED) is 0.109. The molecule has 4 aromatic carbocycles. The van der Waals surface area contributed by atoms with E-state index in [9.17, 15) is 10.2 Å². The first-order valence-electron chi connectivity index (χ1n) is 18.2. The summed E-state index contributed by atoms with van der Waals surface area (Å²) in [7, 11) is 0. The average Bonchev–Trinajstić information content (AvgIpc) is 3.60. The molecule has 252 valence electrons. The second kappa shape index (κ2) is 14.5. The SMILES string of the molecule is [2H]C(C)(C)c1cccc(C([2H])(C)C)c1-c1cccc2c1n(Cn1[c-][n+](CO)c3c(-c4c(C([2H])(C)C)cccc4C([2H])(C)C)cccc31)[c-][n+]2CO.[Pt+2]. The zero-order valence-electron chi connectivity index (χ0n) is 33.0. The van der Waals surface area contributed by atoms with Gasteiger partial charge in [0.15, 0.2) is 20.1 Å². The van der Waals surface area contributed by atoms with Gasteiger partial charge in [0, 0.05) is 27.5 Å². The molecule has 0 radical (unpaired) electrons. The second-order valence-electron chi connectivity index (χ2n) is 13.1. The summed E-state index contributed by atoms with van der Waals surface area (Å²) in [6.07, 6.45) is 6.69. The molecular formula is C41H48N4O2Pt+2. The number of imidazole rings is 2. The van der Waals surface area contributed by atoms with E-state index in [4.69, 9.17) is 5.48 Å². The fourth-order valence-electron chi connectivity index (χ4n) is 6.88. The van der Waals surface area contributed by atoms with E-state index in [1.54, 1.807) is 9.13 Å². The molecule has 0 bridgehead atoms. The standard InChI is InChI=1S/C41H48N4O2.Pt/c1-26(2)30-13-9-14-31(27(3)4)38(30)34-17-12-20-37-40(34)43(23-44(37)24-46)21-42-22-45(25-47)41-35(18-11-19-36(41)42)39-32(28(5)6)15-10-16-33(39)29(7)8;/h9-20,26-29,46-47H,21,24-25H2,1-8H3;/q;+2/i26D,27D,28D,29D;. The number of hydrogen-bond acceptors (Lipinski definition) is 2. The van der Waals surface area contributed by atoms with E-state index in [2.05, 4.69) is 12.7 Å². The van der Waals surface area contributed by atoms with Crippen LogP contribution in [0.2, 0.25) is 0 Å². The molecule has 0 aliphatic rings. The molecular weight excluding hydrogens is 776 g/mol. The molecule has 6 rings (SSSR count). The van der Waals surface area contributed by atoms with Crippen LogP contribution in [0.3, 0.4) is 0 Å². The number of rotatable bonds is 10. The van der Waals surface area contributed by atoms with Crippen LogP contribution in [0.15, 0.2) is 72.8 Å². The monoisotopic (exact) mass is 827 g/mol. The molecule has 0 saturated carbocycles. The van der Waals surface area contributed by atoms with E-state index in [1.165, 1.54) is 0 Å². The zero-order valence-corrected chi connectivity index (χ0v) is 31.3. The Balaban J connectivity index is 0.00000523. The molecule has 2 aromatic heterocycles. The number of aliphatic hydroxyl groups excluding tert-OH is 2. The van der Waals surface area contributed by atoms with Crippen molar-refractivity contribution in [1.82, 2.24) is 9.13 Å². The van der Waals surface area contributed by atoms with Crippen molar-refractivity contribution < 1.29 is 45.9 Å². The number of para-hydroxylation sites is 2. The van der Waals surface area contributed by atoms with Gasteiger partial charge in [-0.15, -0.1) is 0 Å². The number of hydrogen-bond donors (Lipinski definition) is 2. The van der Waals surface area contributed by atoms with Crippen molar-refractivity contribution in [2.75, 3.05) is 0 Å². The van der Waals surface area contributed by atoms with Gasteiger partial charge < -0.3 is 28.5 Å². The smallest absolute Gasteiger partial charge is 0.359 e. The van der Waals surface area contributed by atoms with Crippen molar-refractivity contribution in [3.63, 3.8) is 0 Å². The summed E-state index contributed by atoms with van der Waals surface area (Å²) in [4.78, 5) is 0. The van der Waals surface area contributed by atoms with E-state index >= 15 is 0 Å². The number of nitrogens with zero attached hydrogens (tertiary/aromatic N) is 4. The van der Waals surface area contributed by atoms with Gasteiger partial charge in [0.2, 0.25) is 12.7 Å². The first kappa shape index (κ1) is 30.5. The third-order valence-corrected chi connectivity index (χ3v) is 9.02. The van der Waals surface area contributed by atoms with Crippen molar-refractivity contribution in [3.8, 4) is 22.3 Å². The summed E-state index contributed by atoms with van der Waals surface area (Å²) in [5, 5.41) is 21.2. The zero-order chi connectivity index (χ0) is 37.3. The predicted molar refractivity (Wildman–Crippen MR) is 189 cm³/mol. The van der Waals surface area contributed by atoms with Crippen molar-refractivity contribution in [3.05, 3.63) is 108 Å². The molecule has 0 unspecified atom stereocenters. The molecule has 2 heterocycles. The summed E-state index contributed by atoms with van der Waals surface area (Å²) in [6, 6.07) is 23.4. The number of benzene rings is 4. The Morgan fingerprint density at radius 3 is 1.54 bits per heavy atom. The number of aliphatic hydroxyl groups is 2. The molecule has 0 amide bonds. The van der Waals surface area contributed by atoms with Crippen LogP contribution in [0.25, 0.3) is 44.3 Å². The van der Waals surface area contributed by atoms with E-state index in [0.29, 0.717) is 5.52 Å². The first-order chi connectivity index (χ1) is 23.8. The number of fused-ring (bicyclic) bond motifs is 2. The van der Waals surface area contributed by atoms with Crippen LogP contribution in [0.1, 0.15) is 107 Å². The van der Waals surface area contributed by atoms with Gasteiger partial charge in [-0.3, -0.25) is 0 Å². The molecule has 6 aromatic rings. The first-order valence-corrected chi connectivity index (χ1v) is 16.2. The normalized spacial score (nSPS) is 14.0. The maximum Gasteiger partial charge on any atom is 2.00 e. The third kappa shape index (κ3) is 6.19. The van der Waals surface area contributed by atoms with Gasteiger partial charge in [0.1, 0.15) is 0 Å². The van der Waals surface area contributed by atoms with Crippen LogP contribution in [-0.4, -0.2) is 19.3 Å². The van der Waals surface area contributed by atoms with Crippen molar-refractivity contribution >= 4 is 22.1 Å². The Hall–Kier alpha value is -3.57. The third-order valence-electron chi connectivity index (χ3n) is 9.02. The Kier molecular flexibility index (Phi) is 9.21. The minimum Gasteiger partial charge on any atom is -0.359 e. The predicted octanol–water partition coefficient (Wildman–Crippen LogP) is 8.00. The van der Waals surface area contributed by atoms with Crippen molar-refractivity contribution in [1.29, 1.82) is 0 Å². The van der Waals surface area contributed by atoms with Crippen LogP contribution in [0.4, 0.5) is 0 Å². The van der Waals surface area contributed by atoms with Crippen LogP contribution in [0.5, 0.6) is 0 Å². The van der Waals surface area contributed by atoms with Crippen molar-refractivity contribution in [2.24, 2.45) is 0 Å². The second-order valence-corrected chi connectivity index (χ2v) is 13.1. The van der Waals surface area contributed by atoms with Gasteiger partial charge in [0.05, 0.1) is 0 Å². The molecule has 0 atom stereocenters.